The van der Waals surface area contributed by atoms with E-state index in [0.29, 0.717) is 28.2 Å². The maximum atomic E-state index is 13.5. The molecule has 2 amide bonds. The van der Waals surface area contributed by atoms with E-state index in [4.69, 9.17) is 4.74 Å². The fraction of sp³-hybridized carbons (Fsp3) is 0.393. The van der Waals surface area contributed by atoms with Crippen molar-refractivity contribution in [1.29, 1.82) is 0 Å². The van der Waals surface area contributed by atoms with Crippen LogP contribution in [0.3, 0.4) is 0 Å². The largest absolute Gasteiger partial charge is 0.497 e. The van der Waals surface area contributed by atoms with E-state index >= 15 is 0 Å². The molecule has 7 heteroatoms. The number of nitrogens with zero attached hydrogens (tertiary/aromatic N) is 3. The van der Waals surface area contributed by atoms with Gasteiger partial charge >= 0.3 is 0 Å². The van der Waals surface area contributed by atoms with Crippen LogP contribution in [0.5, 0.6) is 5.75 Å². The Kier molecular flexibility index (Phi) is 7.96. The number of anilines is 1. The monoisotopic (exact) mass is 491 g/mol. The van der Waals surface area contributed by atoms with Gasteiger partial charge in [0.25, 0.3) is 5.91 Å². The molecule has 2 aromatic rings. The van der Waals surface area contributed by atoms with Gasteiger partial charge in [0.05, 0.1) is 18.6 Å². The number of thioether (sulfide) groups is 1. The van der Waals surface area contributed by atoms with Gasteiger partial charge < -0.3 is 9.64 Å². The standard InChI is InChI=1S/C28H33N3O3S/c1-19(2)22-13-11-21(12-14-22)16-25-27(33)31(23-9-7-10-24(17-23)34-4)28(29-25)35-18-26(32)30-15-6-5-8-20(30)3/h7,9-14,16-17,19-20H,5-6,8,15,18H2,1-4H3. The summed E-state index contributed by atoms with van der Waals surface area (Å²) in [5, 5.41) is 0.506. The number of aliphatic imine (C=N–C) groups is 1. The van der Waals surface area contributed by atoms with Gasteiger partial charge in [0.1, 0.15) is 11.4 Å². The predicted molar refractivity (Wildman–Crippen MR) is 144 cm³/mol. The van der Waals surface area contributed by atoms with Crippen molar-refractivity contribution < 1.29 is 14.3 Å². The van der Waals surface area contributed by atoms with Crippen LogP contribution in [0, 0.1) is 0 Å². The molecule has 6 nitrogen and oxygen atoms in total. The average Bonchev–Trinajstić information content (AvgIpc) is 3.17. The molecule has 1 atom stereocenters. The minimum atomic E-state index is -0.215. The van der Waals surface area contributed by atoms with E-state index in [1.807, 2.05) is 47.4 Å². The minimum Gasteiger partial charge on any atom is -0.497 e. The highest BCUT2D eigenvalue weighted by atomic mass is 32.2. The van der Waals surface area contributed by atoms with Crippen molar-refractivity contribution in [3.63, 3.8) is 0 Å². The van der Waals surface area contributed by atoms with Crippen LogP contribution in [0.2, 0.25) is 0 Å². The third-order valence-electron chi connectivity index (χ3n) is 6.50. The summed E-state index contributed by atoms with van der Waals surface area (Å²) in [6.45, 7) is 7.20. The van der Waals surface area contributed by atoms with Crippen LogP contribution in [0.25, 0.3) is 6.08 Å². The van der Waals surface area contributed by atoms with Crippen LogP contribution in [-0.4, -0.2) is 47.3 Å². The Morgan fingerprint density at radius 2 is 1.97 bits per heavy atom. The van der Waals surface area contributed by atoms with Crippen molar-refractivity contribution in [3.8, 4) is 5.75 Å². The van der Waals surface area contributed by atoms with E-state index in [-0.39, 0.29) is 23.6 Å². The first kappa shape index (κ1) is 25.0. The van der Waals surface area contributed by atoms with Crippen LogP contribution in [0.4, 0.5) is 5.69 Å². The van der Waals surface area contributed by atoms with E-state index in [0.717, 1.165) is 31.4 Å². The lowest BCUT2D eigenvalue weighted by Gasteiger charge is -2.33. The minimum absolute atomic E-state index is 0.0876. The van der Waals surface area contributed by atoms with E-state index < -0.39 is 0 Å². The van der Waals surface area contributed by atoms with Crippen LogP contribution < -0.4 is 9.64 Å². The van der Waals surface area contributed by atoms with Gasteiger partial charge in [-0.3, -0.25) is 14.5 Å². The van der Waals surface area contributed by atoms with Gasteiger partial charge in [-0.15, -0.1) is 0 Å². The topological polar surface area (TPSA) is 62.2 Å². The van der Waals surface area contributed by atoms with Gasteiger partial charge in [0.15, 0.2) is 5.17 Å². The fourth-order valence-electron chi connectivity index (χ4n) is 4.38. The highest BCUT2D eigenvalue weighted by Gasteiger charge is 2.33. The molecule has 2 heterocycles. The molecule has 2 aromatic carbocycles. The first-order chi connectivity index (χ1) is 16.9. The number of ether oxygens (including phenoxy) is 1. The summed E-state index contributed by atoms with van der Waals surface area (Å²) in [6.07, 6.45) is 5.05. The summed E-state index contributed by atoms with van der Waals surface area (Å²) in [7, 11) is 1.60. The number of methoxy groups -OCH3 is 1. The molecule has 0 saturated carbocycles. The SMILES string of the molecule is COc1cccc(N2C(=O)C(=Cc3ccc(C(C)C)cc3)N=C2SCC(=O)N2CCCCC2C)c1. The summed E-state index contributed by atoms with van der Waals surface area (Å²) >= 11 is 1.31. The lowest BCUT2D eigenvalue weighted by atomic mass is 10.0. The second kappa shape index (κ2) is 11.1. The van der Waals surface area contributed by atoms with Crippen molar-refractivity contribution in [2.75, 3.05) is 24.3 Å². The number of likely N-dealkylation sites (tertiary alicyclic amines) is 1. The van der Waals surface area contributed by atoms with Gasteiger partial charge in [-0.25, -0.2) is 4.99 Å². The van der Waals surface area contributed by atoms with Gasteiger partial charge in [-0.2, -0.15) is 0 Å². The zero-order valence-electron chi connectivity index (χ0n) is 20.9. The van der Waals surface area contributed by atoms with Crippen molar-refractivity contribution in [3.05, 3.63) is 65.4 Å². The highest BCUT2D eigenvalue weighted by molar-refractivity contribution is 8.14. The number of benzene rings is 2. The van der Waals surface area contributed by atoms with Crippen LogP contribution >= 0.6 is 11.8 Å². The van der Waals surface area contributed by atoms with Crippen LogP contribution in [0.15, 0.2) is 59.2 Å². The number of rotatable bonds is 6. The lowest BCUT2D eigenvalue weighted by molar-refractivity contribution is -0.131. The van der Waals surface area contributed by atoms with Gasteiger partial charge in [0, 0.05) is 18.7 Å². The summed E-state index contributed by atoms with van der Waals surface area (Å²) in [5.41, 5.74) is 3.18. The molecule has 0 spiro atoms. The number of amidine groups is 1. The zero-order valence-corrected chi connectivity index (χ0v) is 21.7. The molecule has 1 fully saturated rings. The maximum absolute atomic E-state index is 13.5. The molecule has 4 rings (SSSR count). The number of piperidine rings is 1. The Hall–Kier alpha value is -3.06. The Labute approximate surface area is 212 Å². The molecule has 2 aliphatic rings. The number of hydrogen-bond donors (Lipinski definition) is 0. The normalized spacial score (nSPS) is 19.5. The van der Waals surface area contributed by atoms with Gasteiger partial charge in [0.2, 0.25) is 5.91 Å². The number of amides is 2. The maximum Gasteiger partial charge on any atom is 0.283 e. The first-order valence-corrected chi connectivity index (χ1v) is 13.2. The summed E-state index contributed by atoms with van der Waals surface area (Å²) in [6, 6.07) is 15.8. The highest BCUT2D eigenvalue weighted by Crippen LogP contribution is 2.32. The van der Waals surface area contributed by atoms with E-state index in [1.54, 1.807) is 12.0 Å². The Bertz CT molecular complexity index is 1140. The summed E-state index contributed by atoms with van der Waals surface area (Å²) in [5.74, 6) is 1.21. The van der Waals surface area contributed by atoms with Crippen LogP contribution in [0.1, 0.15) is 57.1 Å². The van der Waals surface area contributed by atoms with Crippen molar-refractivity contribution >= 4 is 40.5 Å². The second-order valence-electron chi connectivity index (χ2n) is 9.31. The molecular formula is C28H33N3O3S. The smallest absolute Gasteiger partial charge is 0.283 e. The number of hydrogen-bond acceptors (Lipinski definition) is 5. The van der Waals surface area contributed by atoms with Crippen LogP contribution in [-0.2, 0) is 9.59 Å². The fourth-order valence-corrected chi connectivity index (χ4v) is 5.28. The molecule has 0 radical (unpaired) electrons. The molecule has 1 saturated heterocycles. The zero-order chi connectivity index (χ0) is 24.9. The number of carbonyl (C=O) groups excluding carboxylic acids is 2. The van der Waals surface area contributed by atoms with E-state index in [2.05, 4.69) is 37.9 Å². The lowest BCUT2D eigenvalue weighted by Crippen LogP contribution is -2.43. The van der Waals surface area contributed by atoms with E-state index in [1.165, 1.54) is 17.3 Å². The van der Waals surface area contributed by atoms with Crippen molar-refractivity contribution in [2.24, 2.45) is 4.99 Å². The molecular weight excluding hydrogens is 458 g/mol. The Morgan fingerprint density at radius 3 is 2.66 bits per heavy atom. The molecule has 35 heavy (non-hydrogen) atoms. The second-order valence-corrected chi connectivity index (χ2v) is 10.3. The first-order valence-electron chi connectivity index (χ1n) is 12.2. The van der Waals surface area contributed by atoms with Gasteiger partial charge in [-0.05, 0) is 61.4 Å². The molecule has 2 aliphatic heterocycles. The molecule has 1 unspecified atom stereocenters. The molecule has 0 aliphatic carbocycles. The molecule has 0 bridgehead atoms. The average molecular weight is 492 g/mol. The summed E-state index contributed by atoms with van der Waals surface area (Å²) in [4.78, 5) is 34.7. The van der Waals surface area contributed by atoms with Crippen molar-refractivity contribution in [1.82, 2.24) is 4.90 Å². The third kappa shape index (κ3) is 5.78. The summed E-state index contributed by atoms with van der Waals surface area (Å²) < 4.78 is 5.37. The number of carbonyl (C=O) groups is 2. The predicted octanol–water partition coefficient (Wildman–Crippen LogP) is 5.70. The van der Waals surface area contributed by atoms with E-state index in [9.17, 15) is 9.59 Å². The third-order valence-corrected chi connectivity index (χ3v) is 7.42. The van der Waals surface area contributed by atoms with Gasteiger partial charge in [-0.1, -0.05) is 55.9 Å². The molecule has 184 valence electrons. The Balaban J connectivity index is 1.60. The quantitative estimate of drug-likeness (QED) is 0.487. The molecule has 0 aromatic heterocycles. The molecule has 0 N–H and O–H groups in total. The Morgan fingerprint density at radius 1 is 1.20 bits per heavy atom. The van der Waals surface area contributed by atoms with Crippen molar-refractivity contribution in [2.45, 2.75) is 52.0 Å².